The van der Waals surface area contributed by atoms with Gasteiger partial charge in [0.1, 0.15) is 0 Å². The first-order chi connectivity index (χ1) is 21.0. The Morgan fingerprint density at radius 3 is 1.02 bits per heavy atom. The Morgan fingerprint density at radius 1 is 0.442 bits per heavy atom. The summed E-state index contributed by atoms with van der Waals surface area (Å²) in [5.74, 6) is 0. The van der Waals surface area contributed by atoms with E-state index < -0.39 is 18.4 Å². The molecular formula is C38H71O4P. The third kappa shape index (κ3) is 26.0. The maximum Gasteiger partial charge on any atom is 0.330 e. The van der Waals surface area contributed by atoms with Crippen molar-refractivity contribution in [1.82, 2.24) is 0 Å². The molecule has 4 nitrogen and oxygen atoms in total. The number of rotatable bonds is 34. The molecule has 0 fully saturated rings. The molecule has 0 aliphatic carbocycles. The minimum absolute atomic E-state index is 0.132. The molecule has 0 unspecified atom stereocenters. The van der Waals surface area contributed by atoms with Crippen molar-refractivity contribution in [3.8, 4) is 0 Å². The molecule has 5 heteroatoms. The molecular weight excluding hydrogens is 551 g/mol. The third-order valence-electron chi connectivity index (χ3n) is 8.27. The zero-order valence-corrected chi connectivity index (χ0v) is 29.8. The van der Waals surface area contributed by atoms with E-state index in [0.29, 0.717) is 12.8 Å². The molecule has 0 heterocycles. The first-order valence-corrected chi connectivity index (χ1v) is 20.3. The largest absolute Gasteiger partial charge is 0.330 e. The van der Waals surface area contributed by atoms with Gasteiger partial charge in [-0.05, 0) is 71.1 Å². The van der Waals surface area contributed by atoms with Crippen molar-refractivity contribution in [2.75, 3.05) is 6.61 Å². The van der Waals surface area contributed by atoms with Gasteiger partial charge in [-0.15, -0.1) is 0 Å². The molecule has 0 atom stereocenters. The second kappa shape index (κ2) is 32.4. The second-order valence-electron chi connectivity index (χ2n) is 12.4. The van der Waals surface area contributed by atoms with Crippen LogP contribution in [-0.4, -0.2) is 17.7 Å². The van der Waals surface area contributed by atoms with Crippen molar-refractivity contribution < 1.29 is 18.7 Å². The van der Waals surface area contributed by atoms with Crippen LogP contribution in [0.4, 0.5) is 0 Å². The van der Waals surface area contributed by atoms with Crippen LogP contribution in [0.1, 0.15) is 201 Å². The van der Waals surface area contributed by atoms with Crippen LogP contribution in [0, 0.1) is 0 Å². The van der Waals surface area contributed by atoms with E-state index >= 15 is 0 Å². The van der Waals surface area contributed by atoms with Crippen molar-refractivity contribution in [2.45, 2.75) is 201 Å². The van der Waals surface area contributed by atoms with Crippen molar-refractivity contribution in [1.29, 1.82) is 0 Å². The van der Waals surface area contributed by atoms with Crippen LogP contribution in [0.25, 0.3) is 0 Å². The summed E-state index contributed by atoms with van der Waals surface area (Å²) >= 11 is 0. The number of carbonyl (C=O) groups excluding carboxylic acids is 2. The molecule has 0 aromatic heterocycles. The summed E-state index contributed by atoms with van der Waals surface area (Å²) in [5, 5.41) is 0. The quantitative estimate of drug-likeness (QED) is 0.0407. The molecule has 0 aliphatic rings. The third-order valence-corrected chi connectivity index (χ3v) is 10.7. The van der Waals surface area contributed by atoms with E-state index in [1.54, 1.807) is 6.92 Å². The minimum atomic E-state index is -3.87. The molecule has 0 N–H and O–H groups in total. The van der Waals surface area contributed by atoms with Gasteiger partial charge in [0.05, 0.1) is 6.61 Å². The lowest BCUT2D eigenvalue weighted by atomic mass is 10.1. The standard InChI is InChI=1S/C38H71O4P/c1-4-7-9-11-13-15-17-19-21-23-25-27-29-31-33-35-37(39)43(41,42-6-3)38(40)36-34-32-30-28-26-24-22-20-18-16-14-12-10-8-5-2/h19-22H,4-18,23-36H2,1-3H3/b21-19-,22-20-. The minimum Gasteiger partial charge on any atom is -0.318 e. The van der Waals surface area contributed by atoms with E-state index in [4.69, 9.17) is 4.52 Å². The molecule has 0 aliphatic heterocycles. The Kier molecular flexibility index (Phi) is 31.7. The van der Waals surface area contributed by atoms with Crippen LogP contribution in [0.15, 0.2) is 24.3 Å². The van der Waals surface area contributed by atoms with Gasteiger partial charge in [0.2, 0.25) is 11.0 Å². The van der Waals surface area contributed by atoms with Crippen molar-refractivity contribution in [2.24, 2.45) is 0 Å². The van der Waals surface area contributed by atoms with Gasteiger partial charge in [0.25, 0.3) is 0 Å². The fourth-order valence-electron chi connectivity index (χ4n) is 5.45. The summed E-state index contributed by atoms with van der Waals surface area (Å²) in [6, 6.07) is 0. The average molecular weight is 623 g/mol. The van der Waals surface area contributed by atoms with Crippen molar-refractivity contribution in [3.05, 3.63) is 24.3 Å². The van der Waals surface area contributed by atoms with Crippen molar-refractivity contribution >= 4 is 18.4 Å². The molecule has 0 amide bonds. The Labute approximate surface area is 268 Å². The Balaban J connectivity index is 3.89. The van der Waals surface area contributed by atoms with Crippen molar-refractivity contribution in [3.63, 3.8) is 0 Å². The highest BCUT2D eigenvalue weighted by Crippen LogP contribution is 2.51. The average Bonchev–Trinajstić information content (AvgIpc) is 3.00. The molecule has 0 bridgehead atoms. The molecule has 0 rings (SSSR count). The molecule has 0 saturated carbocycles. The highest BCUT2D eigenvalue weighted by Gasteiger charge is 2.39. The molecule has 0 radical (unpaired) electrons. The number of carbonyl (C=O) groups is 2. The van der Waals surface area contributed by atoms with Gasteiger partial charge in [-0.25, -0.2) is 0 Å². The smallest absolute Gasteiger partial charge is 0.318 e. The lowest BCUT2D eigenvalue weighted by Crippen LogP contribution is -2.12. The number of hydrogen-bond acceptors (Lipinski definition) is 4. The van der Waals surface area contributed by atoms with E-state index in [-0.39, 0.29) is 19.4 Å². The Bertz CT molecular complexity index is 686. The molecule has 0 aromatic rings. The molecule has 0 spiro atoms. The van der Waals surface area contributed by atoms with Gasteiger partial charge in [-0.3, -0.25) is 14.2 Å². The summed E-state index contributed by atoms with van der Waals surface area (Å²) in [7, 11) is -3.87. The second-order valence-corrected chi connectivity index (χ2v) is 14.8. The lowest BCUT2D eigenvalue weighted by Gasteiger charge is -2.15. The van der Waals surface area contributed by atoms with E-state index in [0.717, 1.165) is 51.4 Å². The summed E-state index contributed by atoms with van der Waals surface area (Å²) in [6.07, 6.45) is 40.5. The van der Waals surface area contributed by atoms with Gasteiger partial charge >= 0.3 is 7.37 Å². The zero-order chi connectivity index (χ0) is 31.7. The summed E-state index contributed by atoms with van der Waals surface area (Å²) in [4.78, 5) is 25.5. The predicted octanol–water partition coefficient (Wildman–Crippen LogP) is 13.4. The van der Waals surface area contributed by atoms with E-state index in [9.17, 15) is 14.2 Å². The predicted molar refractivity (Wildman–Crippen MR) is 188 cm³/mol. The SMILES string of the molecule is CCCCCCCC/C=C\CCCCCCCC(=O)P(=O)(OCC)C(=O)CCCCCCC/C=C\CCCCCCCC. The van der Waals surface area contributed by atoms with Crippen LogP contribution in [0.3, 0.4) is 0 Å². The first kappa shape index (κ1) is 42.0. The van der Waals surface area contributed by atoms with Gasteiger partial charge in [-0.1, -0.05) is 141 Å². The maximum absolute atomic E-state index is 13.2. The van der Waals surface area contributed by atoms with Crippen LogP contribution in [0.2, 0.25) is 0 Å². The van der Waals surface area contributed by atoms with Crippen LogP contribution in [-0.2, 0) is 18.7 Å². The molecule has 0 aromatic carbocycles. The van der Waals surface area contributed by atoms with Gasteiger partial charge in [0, 0.05) is 12.8 Å². The normalized spacial score (nSPS) is 12.2. The molecule has 43 heavy (non-hydrogen) atoms. The van der Waals surface area contributed by atoms with E-state index in [2.05, 4.69) is 38.2 Å². The van der Waals surface area contributed by atoms with Gasteiger partial charge in [0.15, 0.2) is 0 Å². The number of allylic oxidation sites excluding steroid dienone is 4. The highest BCUT2D eigenvalue weighted by molar-refractivity contribution is 7.90. The van der Waals surface area contributed by atoms with E-state index in [1.165, 1.54) is 103 Å². The summed E-state index contributed by atoms with van der Waals surface area (Å²) in [5.41, 5.74) is -0.936. The first-order valence-electron chi connectivity index (χ1n) is 18.6. The van der Waals surface area contributed by atoms with Crippen LogP contribution >= 0.6 is 7.37 Å². The Morgan fingerprint density at radius 2 is 0.721 bits per heavy atom. The molecule has 252 valence electrons. The number of unbranched alkanes of at least 4 members (excludes halogenated alkanes) is 22. The van der Waals surface area contributed by atoms with Gasteiger partial charge in [-0.2, -0.15) is 0 Å². The lowest BCUT2D eigenvalue weighted by molar-refractivity contribution is -0.116. The number of hydrogen-bond donors (Lipinski definition) is 0. The zero-order valence-electron chi connectivity index (χ0n) is 28.9. The molecule has 0 saturated heterocycles. The maximum atomic E-state index is 13.2. The fraction of sp³-hybridized carbons (Fsp3) is 0.842. The topological polar surface area (TPSA) is 60.4 Å². The van der Waals surface area contributed by atoms with Crippen LogP contribution in [0.5, 0.6) is 0 Å². The highest BCUT2D eigenvalue weighted by atomic mass is 31.2. The Hall–Kier alpha value is -0.990. The summed E-state index contributed by atoms with van der Waals surface area (Å²) < 4.78 is 18.6. The summed E-state index contributed by atoms with van der Waals surface area (Å²) in [6.45, 7) is 6.35. The fourth-order valence-corrected chi connectivity index (χ4v) is 7.29. The van der Waals surface area contributed by atoms with E-state index in [1.807, 2.05) is 0 Å². The van der Waals surface area contributed by atoms with Crippen LogP contribution < -0.4 is 0 Å². The monoisotopic (exact) mass is 623 g/mol. The van der Waals surface area contributed by atoms with Gasteiger partial charge < -0.3 is 4.52 Å².